The number of aryl methyl sites for hydroxylation is 1. The van der Waals surface area contributed by atoms with Crippen molar-refractivity contribution in [1.29, 1.82) is 0 Å². The van der Waals surface area contributed by atoms with Crippen molar-refractivity contribution < 1.29 is 0 Å². The van der Waals surface area contributed by atoms with Crippen molar-refractivity contribution in [3.8, 4) is 0 Å². The first-order valence-electron chi connectivity index (χ1n) is 5.15. The van der Waals surface area contributed by atoms with Crippen LogP contribution in [-0.4, -0.2) is 22.7 Å². The third-order valence-electron chi connectivity index (χ3n) is 3.28. The van der Waals surface area contributed by atoms with Gasteiger partial charge in [-0.1, -0.05) is 0 Å². The zero-order valence-electron chi connectivity index (χ0n) is 8.72. The molecular formula is C11H14LiN. The van der Waals surface area contributed by atoms with Crippen molar-refractivity contribution in [3.63, 3.8) is 0 Å². The van der Waals surface area contributed by atoms with Gasteiger partial charge >= 0.3 is 89.0 Å². The number of hydrogen-bond acceptors (Lipinski definition) is 1. The average Bonchev–Trinajstić information content (AvgIpc) is 2.12. The minimum atomic E-state index is 0.669. The monoisotopic (exact) mass is 167 g/mol. The Morgan fingerprint density at radius 2 is 2.23 bits per heavy atom. The molecular weight excluding hydrogens is 153 g/mol. The van der Waals surface area contributed by atoms with Crippen LogP contribution in [0.1, 0.15) is 39.8 Å². The molecule has 1 atom stereocenters. The number of nitrogens with zero attached hydrogens (tertiary/aromatic N) is 1. The molecule has 0 bridgehead atoms. The molecule has 0 aromatic carbocycles. The van der Waals surface area contributed by atoms with E-state index in [9.17, 15) is 0 Å². The molecule has 0 saturated heterocycles. The van der Waals surface area contributed by atoms with Gasteiger partial charge < -0.3 is 0 Å². The summed E-state index contributed by atoms with van der Waals surface area (Å²) in [5, 5.41) is 0. The molecule has 0 spiro atoms. The van der Waals surface area contributed by atoms with Gasteiger partial charge in [0.05, 0.1) is 0 Å². The fourth-order valence-corrected chi connectivity index (χ4v) is 2.23. The Kier molecular flexibility index (Phi) is 2.49. The van der Waals surface area contributed by atoms with Crippen LogP contribution in [0.5, 0.6) is 0 Å². The first-order valence-corrected chi connectivity index (χ1v) is 5.15. The van der Waals surface area contributed by atoms with E-state index in [1.807, 2.05) is 6.20 Å². The van der Waals surface area contributed by atoms with E-state index in [1.54, 1.807) is 0 Å². The standard InChI is InChI=1S/C11H14N.Li/c1-8-7-12-11-6-4-3-5-10(11)9(8)2;/h6-7H,3-5H2,1-2H3;. The summed E-state index contributed by atoms with van der Waals surface area (Å²) in [6.07, 6.45) is 5.90. The fraction of sp³-hybridized carbons (Fsp3) is 0.545. The number of hydrogen-bond donors (Lipinski definition) is 0. The van der Waals surface area contributed by atoms with Gasteiger partial charge in [0.15, 0.2) is 0 Å². The number of pyridine rings is 1. The molecule has 13 heavy (non-hydrogen) atoms. The number of fused-ring (bicyclic) bond motifs is 1. The van der Waals surface area contributed by atoms with E-state index in [2.05, 4.69) is 36.5 Å². The van der Waals surface area contributed by atoms with E-state index >= 15 is 0 Å². The molecule has 1 aromatic rings. The molecule has 1 aliphatic carbocycles. The van der Waals surface area contributed by atoms with Crippen LogP contribution >= 0.6 is 0 Å². The van der Waals surface area contributed by atoms with Crippen molar-refractivity contribution >= 4 is 17.7 Å². The molecule has 1 aromatic heterocycles. The summed E-state index contributed by atoms with van der Waals surface area (Å²) < 4.78 is 0.669. The number of aromatic nitrogens is 1. The van der Waals surface area contributed by atoms with Gasteiger partial charge in [-0.05, 0) is 0 Å². The molecule has 0 aliphatic heterocycles. The van der Waals surface area contributed by atoms with Crippen LogP contribution in [0.2, 0.25) is 0 Å². The molecule has 0 radical (unpaired) electrons. The van der Waals surface area contributed by atoms with Gasteiger partial charge in [-0.2, -0.15) is 0 Å². The van der Waals surface area contributed by atoms with Crippen molar-refractivity contribution in [2.45, 2.75) is 37.7 Å². The second-order valence-corrected chi connectivity index (χ2v) is 4.22. The van der Waals surface area contributed by atoms with Crippen molar-refractivity contribution in [2.24, 2.45) is 0 Å². The Labute approximate surface area is 89.2 Å². The predicted molar refractivity (Wildman–Crippen MR) is 55.1 cm³/mol. The molecule has 2 rings (SSSR count). The summed E-state index contributed by atoms with van der Waals surface area (Å²) in [4.78, 5) is 4.56. The summed E-state index contributed by atoms with van der Waals surface area (Å²) >= 11 is 2.29. The van der Waals surface area contributed by atoms with Crippen LogP contribution in [-0.2, 0) is 6.42 Å². The maximum atomic E-state index is 4.56. The van der Waals surface area contributed by atoms with E-state index in [-0.39, 0.29) is 0 Å². The molecule has 1 unspecified atom stereocenters. The van der Waals surface area contributed by atoms with Crippen LogP contribution in [0.25, 0.3) is 0 Å². The second kappa shape index (κ2) is 3.48. The van der Waals surface area contributed by atoms with Gasteiger partial charge in [0.1, 0.15) is 0 Å². The fourth-order valence-electron chi connectivity index (χ4n) is 2.23. The SMILES string of the molecule is [Li][CH]1CCCc2c1ncc(C)c2C. The van der Waals surface area contributed by atoms with Gasteiger partial charge in [0.2, 0.25) is 0 Å². The molecule has 0 fully saturated rings. The molecule has 1 heterocycles. The summed E-state index contributed by atoms with van der Waals surface area (Å²) in [7, 11) is 0. The molecule has 0 N–H and O–H groups in total. The van der Waals surface area contributed by atoms with E-state index in [4.69, 9.17) is 0 Å². The Morgan fingerprint density at radius 1 is 1.46 bits per heavy atom. The predicted octanol–water partition coefficient (Wildman–Crippen LogP) is 2.24. The van der Waals surface area contributed by atoms with E-state index in [1.165, 1.54) is 41.6 Å². The van der Waals surface area contributed by atoms with Crippen LogP contribution in [0.4, 0.5) is 0 Å². The minimum absolute atomic E-state index is 0.669. The van der Waals surface area contributed by atoms with Crippen molar-refractivity contribution in [1.82, 2.24) is 4.98 Å². The third kappa shape index (κ3) is 1.56. The first kappa shape index (κ1) is 9.31. The number of rotatable bonds is 0. The maximum absolute atomic E-state index is 4.56. The zero-order valence-corrected chi connectivity index (χ0v) is 8.72. The zero-order chi connectivity index (χ0) is 9.42. The molecule has 1 aliphatic rings. The Balaban J connectivity index is 2.56. The molecule has 1 nitrogen and oxygen atoms in total. The summed E-state index contributed by atoms with van der Waals surface area (Å²) in [6, 6.07) is 0. The molecule has 2 heteroatoms. The summed E-state index contributed by atoms with van der Waals surface area (Å²) in [5.41, 5.74) is 5.69. The van der Waals surface area contributed by atoms with Crippen LogP contribution in [0.3, 0.4) is 0 Å². The topological polar surface area (TPSA) is 12.9 Å². The average molecular weight is 167 g/mol. The quantitative estimate of drug-likeness (QED) is 0.540. The molecule has 0 amide bonds. The van der Waals surface area contributed by atoms with E-state index in [0.717, 1.165) is 0 Å². The second-order valence-electron chi connectivity index (χ2n) is 4.22. The first-order chi connectivity index (χ1) is 6.20. The van der Waals surface area contributed by atoms with Crippen LogP contribution in [0, 0.1) is 13.8 Å². The normalized spacial score (nSPS) is 21.4. The molecule has 0 saturated carbocycles. The summed E-state index contributed by atoms with van der Waals surface area (Å²) in [5.74, 6) is 0. The van der Waals surface area contributed by atoms with Gasteiger partial charge in [-0.25, -0.2) is 0 Å². The molecule has 64 valence electrons. The van der Waals surface area contributed by atoms with Crippen molar-refractivity contribution in [2.75, 3.05) is 0 Å². The van der Waals surface area contributed by atoms with Gasteiger partial charge in [-0.3, -0.25) is 0 Å². The Bertz CT molecular complexity index is 333. The van der Waals surface area contributed by atoms with E-state index in [0.29, 0.717) is 4.59 Å². The van der Waals surface area contributed by atoms with Crippen LogP contribution in [0.15, 0.2) is 6.20 Å². The Morgan fingerprint density at radius 3 is 3.00 bits per heavy atom. The van der Waals surface area contributed by atoms with Gasteiger partial charge in [0, 0.05) is 0 Å². The summed E-state index contributed by atoms with van der Waals surface area (Å²) in [6.45, 7) is 4.38. The third-order valence-corrected chi connectivity index (χ3v) is 3.28. The Hall–Kier alpha value is -0.253. The van der Waals surface area contributed by atoms with E-state index < -0.39 is 0 Å². The van der Waals surface area contributed by atoms with Gasteiger partial charge in [-0.15, -0.1) is 0 Å². The van der Waals surface area contributed by atoms with Crippen LogP contribution < -0.4 is 0 Å². The van der Waals surface area contributed by atoms with Gasteiger partial charge in [0.25, 0.3) is 0 Å². The van der Waals surface area contributed by atoms with Crippen molar-refractivity contribution in [3.05, 3.63) is 28.6 Å².